The van der Waals surface area contributed by atoms with E-state index >= 15 is 0 Å². The lowest BCUT2D eigenvalue weighted by molar-refractivity contribution is -0.113. The average Bonchev–Trinajstić information content (AvgIpc) is 3.27. The number of aromatic nitrogens is 2. The van der Waals surface area contributed by atoms with Crippen LogP contribution in [0, 0.1) is 5.82 Å². The molecule has 0 aliphatic rings. The Bertz CT molecular complexity index is 1030. The first kappa shape index (κ1) is 17.1. The van der Waals surface area contributed by atoms with Crippen molar-refractivity contribution in [1.82, 2.24) is 9.97 Å². The summed E-state index contributed by atoms with van der Waals surface area (Å²) >= 11 is 4.33. The molecular weight excluding hydrogens is 389 g/mol. The van der Waals surface area contributed by atoms with Crippen molar-refractivity contribution in [3.63, 3.8) is 0 Å². The van der Waals surface area contributed by atoms with Crippen LogP contribution in [0.2, 0.25) is 0 Å². The lowest BCUT2D eigenvalue weighted by Gasteiger charge is -2.00. The number of hydrogen-bond donors (Lipinski definition) is 1. The van der Waals surface area contributed by atoms with Crippen molar-refractivity contribution in [2.24, 2.45) is 0 Å². The molecule has 2 aromatic heterocycles. The summed E-state index contributed by atoms with van der Waals surface area (Å²) in [7, 11) is 0. The van der Waals surface area contributed by atoms with E-state index in [0.29, 0.717) is 10.8 Å². The fourth-order valence-electron chi connectivity index (χ4n) is 2.28. The highest BCUT2D eigenvalue weighted by Crippen LogP contribution is 2.30. The first-order chi connectivity index (χ1) is 12.7. The minimum absolute atomic E-state index is 0.130. The summed E-state index contributed by atoms with van der Waals surface area (Å²) in [6, 6.07) is 14.0. The zero-order valence-corrected chi connectivity index (χ0v) is 15.8. The SMILES string of the molecule is O=C(CSc1nc2ccccc2s1)Nc1nc(-c2ccc(F)cc2)cs1. The Kier molecular flexibility index (Phi) is 4.96. The molecule has 1 amide bonds. The van der Waals surface area contributed by atoms with Gasteiger partial charge in [0.2, 0.25) is 5.91 Å². The second-order valence-corrected chi connectivity index (χ2v) is 8.44. The van der Waals surface area contributed by atoms with Gasteiger partial charge in [-0.2, -0.15) is 0 Å². The van der Waals surface area contributed by atoms with Crippen LogP contribution in [0.25, 0.3) is 21.5 Å². The fourth-order valence-corrected chi connectivity index (χ4v) is 4.88. The summed E-state index contributed by atoms with van der Waals surface area (Å²) < 4.78 is 15.0. The molecule has 0 radical (unpaired) electrons. The number of nitrogens with zero attached hydrogens (tertiary/aromatic N) is 2. The number of carbonyl (C=O) groups is 1. The zero-order chi connectivity index (χ0) is 17.9. The van der Waals surface area contributed by atoms with Gasteiger partial charge in [-0.25, -0.2) is 14.4 Å². The monoisotopic (exact) mass is 401 g/mol. The van der Waals surface area contributed by atoms with Gasteiger partial charge in [0, 0.05) is 10.9 Å². The predicted molar refractivity (Wildman–Crippen MR) is 106 cm³/mol. The number of fused-ring (bicyclic) bond motifs is 1. The predicted octanol–water partition coefficient (Wildman–Crippen LogP) is 5.29. The van der Waals surface area contributed by atoms with Crippen molar-refractivity contribution in [3.8, 4) is 11.3 Å². The van der Waals surface area contributed by atoms with Gasteiger partial charge < -0.3 is 5.32 Å². The number of benzene rings is 2. The molecule has 0 aliphatic carbocycles. The molecule has 8 heteroatoms. The van der Waals surface area contributed by atoms with Crippen molar-refractivity contribution in [2.45, 2.75) is 4.34 Å². The molecule has 0 fully saturated rings. The van der Waals surface area contributed by atoms with Gasteiger partial charge in [-0.15, -0.1) is 22.7 Å². The molecule has 0 unspecified atom stereocenters. The normalized spacial score (nSPS) is 11.0. The third kappa shape index (κ3) is 3.92. The standard InChI is InChI=1S/C18H12FN3OS3/c19-12-7-5-11(6-8-12)14-9-24-17(20-14)22-16(23)10-25-18-21-13-3-1-2-4-15(13)26-18/h1-9H,10H2,(H,20,22,23). The molecule has 0 saturated heterocycles. The van der Waals surface area contributed by atoms with Crippen molar-refractivity contribution < 1.29 is 9.18 Å². The number of amides is 1. The third-order valence-electron chi connectivity index (χ3n) is 3.49. The van der Waals surface area contributed by atoms with Gasteiger partial charge in [0.15, 0.2) is 9.47 Å². The van der Waals surface area contributed by atoms with Crippen molar-refractivity contribution in [3.05, 3.63) is 59.7 Å². The van der Waals surface area contributed by atoms with Gasteiger partial charge in [-0.1, -0.05) is 23.9 Å². The van der Waals surface area contributed by atoms with E-state index in [2.05, 4.69) is 15.3 Å². The maximum absolute atomic E-state index is 13.0. The average molecular weight is 402 g/mol. The molecule has 2 aromatic carbocycles. The molecule has 0 saturated carbocycles. The molecule has 2 heterocycles. The van der Waals surface area contributed by atoms with Gasteiger partial charge in [0.05, 0.1) is 21.7 Å². The maximum atomic E-state index is 13.0. The lowest BCUT2D eigenvalue weighted by Crippen LogP contribution is -2.13. The topological polar surface area (TPSA) is 54.9 Å². The zero-order valence-electron chi connectivity index (χ0n) is 13.3. The highest BCUT2D eigenvalue weighted by atomic mass is 32.2. The summed E-state index contributed by atoms with van der Waals surface area (Å²) in [6.07, 6.45) is 0. The van der Waals surface area contributed by atoms with Gasteiger partial charge in [0.25, 0.3) is 0 Å². The minimum atomic E-state index is -0.288. The number of nitrogens with one attached hydrogen (secondary N) is 1. The second kappa shape index (κ2) is 7.53. The number of para-hydroxylation sites is 1. The van der Waals surface area contributed by atoms with Gasteiger partial charge in [0.1, 0.15) is 5.82 Å². The minimum Gasteiger partial charge on any atom is -0.301 e. The maximum Gasteiger partial charge on any atom is 0.236 e. The quantitative estimate of drug-likeness (QED) is 0.462. The van der Waals surface area contributed by atoms with Crippen LogP contribution in [0.4, 0.5) is 9.52 Å². The molecule has 4 nitrogen and oxygen atoms in total. The molecule has 1 N–H and O–H groups in total. The van der Waals surface area contributed by atoms with Crippen molar-refractivity contribution >= 4 is 55.7 Å². The van der Waals surface area contributed by atoms with Crippen LogP contribution in [0.3, 0.4) is 0 Å². The number of thioether (sulfide) groups is 1. The molecule has 4 rings (SSSR count). The first-order valence-corrected chi connectivity index (χ1v) is 10.4. The van der Waals surface area contributed by atoms with E-state index in [9.17, 15) is 9.18 Å². The number of hydrogen-bond acceptors (Lipinski definition) is 6. The molecule has 0 spiro atoms. The summed E-state index contributed by atoms with van der Waals surface area (Å²) in [6.45, 7) is 0. The Morgan fingerprint density at radius 3 is 2.73 bits per heavy atom. The van der Waals surface area contributed by atoms with Crippen molar-refractivity contribution in [1.29, 1.82) is 0 Å². The van der Waals surface area contributed by atoms with Crippen LogP contribution in [0.1, 0.15) is 0 Å². The van der Waals surface area contributed by atoms with E-state index in [1.807, 2.05) is 29.6 Å². The molecule has 26 heavy (non-hydrogen) atoms. The highest BCUT2D eigenvalue weighted by Gasteiger charge is 2.10. The van der Waals surface area contributed by atoms with E-state index in [4.69, 9.17) is 0 Å². The van der Waals surface area contributed by atoms with E-state index in [0.717, 1.165) is 20.1 Å². The Morgan fingerprint density at radius 2 is 1.92 bits per heavy atom. The summed E-state index contributed by atoms with van der Waals surface area (Å²) in [5, 5.41) is 5.16. The number of thiazole rings is 2. The van der Waals surface area contributed by atoms with Gasteiger partial charge in [-0.05, 0) is 36.4 Å². The van der Waals surface area contributed by atoms with E-state index in [1.54, 1.807) is 23.5 Å². The van der Waals surface area contributed by atoms with Gasteiger partial charge >= 0.3 is 0 Å². The molecule has 4 aromatic rings. The molecule has 0 bridgehead atoms. The number of carbonyl (C=O) groups excluding carboxylic acids is 1. The number of anilines is 1. The van der Waals surface area contributed by atoms with Crippen LogP contribution in [-0.2, 0) is 4.79 Å². The van der Waals surface area contributed by atoms with E-state index in [-0.39, 0.29) is 17.5 Å². The summed E-state index contributed by atoms with van der Waals surface area (Å²) in [4.78, 5) is 21.0. The van der Waals surface area contributed by atoms with Crippen LogP contribution < -0.4 is 5.32 Å². The summed E-state index contributed by atoms with van der Waals surface area (Å²) in [5.41, 5.74) is 2.47. The fraction of sp³-hybridized carbons (Fsp3) is 0.0556. The second-order valence-electron chi connectivity index (χ2n) is 5.33. The summed E-state index contributed by atoms with van der Waals surface area (Å²) in [5.74, 6) is -0.149. The Hall–Kier alpha value is -2.29. The Morgan fingerprint density at radius 1 is 1.12 bits per heavy atom. The van der Waals surface area contributed by atoms with Crippen LogP contribution in [0.5, 0.6) is 0 Å². The van der Waals surface area contributed by atoms with E-state index < -0.39 is 0 Å². The van der Waals surface area contributed by atoms with Crippen LogP contribution in [0.15, 0.2) is 58.3 Å². The van der Waals surface area contributed by atoms with Crippen LogP contribution >= 0.6 is 34.4 Å². The molecule has 0 atom stereocenters. The smallest absolute Gasteiger partial charge is 0.236 e. The Balaban J connectivity index is 1.36. The van der Waals surface area contributed by atoms with E-state index in [1.165, 1.54) is 35.2 Å². The first-order valence-electron chi connectivity index (χ1n) is 7.67. The lowest BCUT2D eigenvalue weighted by atomic mass is 10.2. The largest absolute Gasteiger partial charge is 0.301 e. The molecular formula is C18H12FN3OS3. The van der Waals surface area contributed by atoms with Crippen LogP contribution in [-0.4, -0.2) is 21.6 Å². The number of rotatable bonds is 5. The molecule has 0 aliphatic heterocycles. The Labute approximate surface area is 161 Å². The van der Waals surface area contributed by atoms with Gasteiger partial charge in [-0.3, -0.25) is 4.79 Å². The highest BCUT2D eigenvalue weighted by molar-refractivity contribution is 8.01. The molecule has 130 valence electrons. The van der Waals surface area contributed by atoms with Crippen molar-refractivity contribution in [2.75, 3.05) is 11.1 Å². The number of halogens is 1. The third-order valence-corrected chi connectivity index (χ3v) is 6.43.